The van der Waals surface area contributed by atoms with Gasteiger partial charge in [-0.15, -0.1) is 0 Å². The second kappa shape index (κ2) is 8.67. The van der Waals surface area contributed by atoms with Crippen molar-refractivity contribution in [3.05, 3.63) is 56.0 Å². The van der Waals surface area contributed by atoms with Gasteiger partial charge in [0.2, 0.25) is 0 Å². The highest BCUT2D eigenvalue weighted by Gasteiger charge is 2.16. The SMILES string of the molecule is COC(=O)c1cc(Cl)cc(Cl)c1NCCOc1cccc(Cl)c1Cl. The van der Waals surface area contributed by atoms with Crippen LogP contribution in [-0.4, -0.2) is 26.2 Å². The number of ether oxygens (including phenoxy) is 2. The van der Waals surface area contributed by atoms with Gasteiger partial charge in [0.15, 0.2) is 0 Å². The summed E-state index contributed by atoms with van der Waals surface area (Å²) in [5.41, 5.74) is 0.671. The average Bonchev–Trinajstić information content (AvgIpc) is 2.55. The van der Waals surface area contributed by atoms with E-state index in [0.29, 0.717) is 38.1 Å². The smallest absolute Gasteiger partial charge is 0.340 e. The summed E-state index contributed by atoms with van der Waals surface area (Å²) in [6.07, 6.45) is 0. The molecule has 128 valence electrons. The molecular weight excluding hydrogens is 396 g/mol. The van der Waals surface area contributed by atoms with E-state index in [1.807, 2.05) is 0 Å². The van der Waals surface area contributed by atoms with Crippen LogP contribution in [0.25, 0.3) is 0 Å². The van der Waals surface area contributed by atoms with E-state index >= 15 is 0 Å². The Balaban J connectivity index is 2.04. The monoisotopic (exact) mass is 407 g/mol. The number of esters is 1. The van der Waals surface area contributed by atoms with Gasteiger partial charge in [-0.2, -0.15) is 0 Å². The Hall–Kier alpha value is -1.33. The molecule has 0 bridgehead atoms. The molecule has 24 heavy (non-hydrogen) atoms. The van der Waals surface area contributed by atoms with Crippen molar-refractivity contribution in [2.45, 2.75) is 0 Å². The van der Waals surface area contributed by atoms with Crippen LogP contribution in [-0.2, 0) is 4.74 Å². The maximum Gasteiger partial charge on any atom is 0.340 e. The molecule has 1 N–H and O–H groups in total. The van der Waals surface area contributed by atoms with Crippen molar-refractivity contribution in [1.82, 2.24) is 0 Å². The third-order valence-corrected chi connectivity index (χ3v) is 4.36. The van der Waals surface area contributed by atoms with E-state index in [-0.39, 0.29) is 12.2 Å². The van der Waals surface area contributed by atoms with E-state index in [4.69, 9.17) is 55.9 Å². The first-order valence-electron chi connectivity index (χ1n) is 6.82. The Kier molecular flexibility index (Phi) is 6.87. The number of nitrogens with one attached hydrogen (secondary N) is 1. The number of anilines is 1. The molecule has 0 fully saturated rings. The number of methoxy groups -OCH3 is 1. The zero-order valence-electron chi connectivity index (χ0n) is 12.5. The van der Waals surface area contributed by atoms with Gasteiger partial charge in [-0.1, -0.05) is 52.5 Å². The molecule has 2 aromatic rings. The van der Waals surface area contributed by atoms with Crippen molar-refractivity contribution >= 4 is 58.1 Å². The summed E-state index contributed by atoms with van der Waals surface area (Å²) in [4.78, 5) is 11.8. The predicted molar refractivity (Wildman–Crippen MR) is 98.2 cm³/mol. The summed E-state index contributed by atoms with van der Waals surface area (Å²) < 4.78 is 10.3. The Morgan fingerprint density at radius 1 is 1.12 bits per heavy atom. The van der Waals surface area contributed by atoms with Crippen LogP contribution in [0.4, 0.5) is 5.69 Å². The Morgan fingerprint density at radius 3 is 2.58 bits per heavy atom. The second-order valence-corrected chi connectivity index (χ2v) is 6.26. The van der Waals surface area contributed by atoms with E-state index in [9.17, 15) is 4.79 Å². The third kappa shape index (κ3) is 4.61. The fraction of sp³-hybridized carbons (Fsp3) is 0.188. The molecule has 0 saturated carbocycles. The van der Waals surface area contributed by atoms with E-state index in [2.05, 4.69) is 5.32 Å². The van der Waals surface area contributed by atoms with E-state index < -0.39 is 5.97 Å². The Bertz CT molecular complexity index is 752. The molecule has 0 aliphatic heterocycles. The number of carbonyl (C=O) groups excluding carboxylic acids is 1. The lowest BCUT2D eigenvalue weighted by Crippen LogP contribution is -2.15. The van der Waals surface area contributed by atoms with Crippen molar-refractivity contribution < 1.29 is 14.3 Å². The van der Waals surface area contributed by atoms with E-state index in [1.165, 1.54) is 19.2 Å². The molecule has 2 rings (SSSR count). The van der Waals surface area contributed by atoms with Crippen molar-refractivity contribution in [1.29, 1.82) is 0 Å². The highest BCUT2D eigenvalue weighted by molar-refractivity contribution is 6.42. The zero-order valence-corrected chi connectivity index (χ0v) is 15.6. The van der Waals surface area contributed by atoms with Crippen molar-refractivity contribution in [2.24, 2.45) is 0 Å². The quantitative estimate of drug-likeness (QED) is 0.500. The van der Waals surface area contributed by atoms with Gasteiger partial charge in [0.05, 0.1) is 28.4 Å². The molecule has 0 radical (unpaired) electrons. The molecule has 0 amide bonds. The maximum atomic E-state index is 11.8. The van der Waals surface area contributed by atoms with Crippen LogP contribution < -0.4 is 10.1 Å². The highest BCUT2D eigenvalue weighted by atomic mass is 35.5. The first kappa shape index (κ1) is 19.0. The molecule has 0 saturated heterocycles. The van der Waals surface area contributed by atoms with E-state index in [0.717, 1.165) is 0 Å². The predicted octanol–water partition coefficient (Wildman–Crippen LogP) is 5.58. The molecule has 0 aliphatic rings. The fourth-order valence-corrected chi connectivity index (χ4v) is 2.86. The molecular formula is C16H13Cl4NO3. The van der Waals surface area contributed by atoms with Gasteiger partial charge < -0.3 is 14.8 Å². The molecule has 0 aromatic heterocycles. The number of benzene rings is 2. The fourth-order valence-electron chi connectivity index (χ4n) is 1.96. The molecule has 0 spiro atoms. The van der Waals surface area contributed by atoms with Gasteiger partial charge >= 0.3 is 5.97 Å². The summed E-state index contributed by atoms with van der Waals surface area (Å²) in [6.45, 7) is 0.647. The standard InChI is InChI=1S/C16H13Cl4NO3/c1-23-16(22)10-7-9(17)8-12(19)15(10)21-5-6-24-13-4-2-3-11(18)14(13)20/h2-4,7-8,21H,5-6H2,1H3. The summed E-state index contributed by atoms with van der Waals surface area (Å²) in [5, 5.41) is 4.44. The number of carbonyl (C=O) groups is 1. The molecule has 2 aromatic carbocycles. The van der Waals surface area contributed by atoms with Crippen LogP contribution in [0.15, 0.2) is 30.3 Å². The minimum absolute atomic E-state index is 0.246. The molecule has 0 unspecified atom stereocenters. The number of halogens is 4. The normalized spacial score (nSPS) is 10.4. The maximum absolute atomic E-state index is 11.8. The zero-order chi connectivity index (χ0) is 17.7. The first-order valence-corrected chi connectivity index (χ1v) is 8.33. The Labute approximate surface area is 159 Å². The molecule has 4 nitrogen and oxygen atoms in total. The summed E-state index contributed by atoms with van der Waals surface area (Å²) in [6, 6.07) is 8.14. The van der Waals surface area contributed by atoms with E-state index in [1.54, 1.807) is 18.2 Å². The van der Waals surface area contributed by atoms with Crippen LogP contribution >= 0.6 is 46.4 Å². The first-order chi connectivity index (χ1) is 11.4. The van der Waals surface area contributed by atoms with Gasteiger partial charge in [0.25, 0.3) is 0 Å². The van der Waals surface area contributed by atoms with Crippen molar-refractivity contribution in [3.8, 4) is 5.75 Å². The van der Waals surface area contributed by atoms with Gasteiger partial charge in [-0.3, -0.25) is 0 Å². The second-order valence-electron chi connectivity index (χ2n) is 4.63. The minimum atomic E-state index is -0.541. The van der Waals surface area contributed by atoms with Gasteiger partial charge in [0, 0.05) is 11.6 Å². The average molecular weight is 409 g/mol. The minimum Gasteiger partial charge on any atom is -0.490 e. The molecule has 0 aliphatic carbocycles. The Morgan fingerprint density at radius 2 is 1.88 bits per heavy atom. The summed E-state index contributed by atoms with van der Waals surface area (Å²) in [7, 11) is 1.28. The largest absolute Gasteiger partial charge is 0.490 e. The van der Waals surface area contributed by atoms with Crippen molar-refractivity contribution in [2.75, 3.05) is 25.6 Å². The lowest BCUT2D eigenvalue weighted by atomic mass is 10.1. The van der Waals surface area contributed by atoms with Gasteiger partial charge in [0.1, 0.15) is 17.4 Å². The number of hydrogen-bond donors (Lipinski definition) is 1. The van der Waals surface area contributed by atoms with Crippen LogP contribution in [0.3, 0.4) is 0 Å². The molecule has 0 atom stereocenters. The lowest BCUT2D eigenvalue weighted by molar-refractivity contribution is 0.0602. The molecule has 8 heteroatoms. The lowest BCUT2D eigenvalue weighted by Gasteiger charge is -2.14. The summed E-state index contributed by atoms with van der Waals surface area (Å²) in [5.74, 6) is -0.0675. The number of rotatable bonds is 6. The van der Waals surface area contributed by atoms with Gasteiger partial charge in [-0.05, 0) is 24.3 Å². The van der Waals surface area contributed by atoms with Crippen LogP contribution in [0.2, 0.25) is 20.1 Å². The van der Waals surface area contributed by atoms with Crippen LogP contribution in [0.5, 0.6) is 5.75 Å². The number of hydrogen-bond acceptors (Lipinski definition) is 4. The summed E-state index contributed by atoms with van der Waals surface area (Å²) >= 11 is 24.0. The third-order valence-electron chi connectivity index (χ3n) is 3.04. The highest BCUT2D eigenvalue weighted by Crippen LogP contribution is 2.32. The van der Waals surface area contributed by atoms with Crippen LogP contribution in [0.1, 0.15) is 10.4 Å². The van der Waals surface area contributed by atoms with Gasteiger partial charge in [-0.25, -0.2) is 4.79 Å². The van der Waals surface area contributed by atoms with Crippen molar-refractivity contribution in [3.63, 3.8) is 0 Å². The van der Waals surface area contributed by atoms with Crippen LogP contribution in [0, 0.1) is 0 Å². The molecule has 0 heterocycles. The topological polar surface area (TPSA) is 47.6 Å².